The Bertz CT molecular complexity index is 419. The Hall–Kier alpha value is -1.48. The maximum atomic E-state index is 12.8. The molecular weight excluding hydrogens is 310 g/mol. The van der Waals surface area contributed by atoms with Gasteiger partial charge < -0.3 is 0 Å². The SMILES string of the molecule is FC(F)(F)C(F)(F)c1ccc(C(F)(F)C(F)(F)F)cc1. The predicted molar refractivity (Wildman–Crippen MR) is 46.3 cm³/mol. The normalized spacial score (nSPS) is 14.5. The van der Waals surface area contributed by atoms with Crippen molar-refractivity contribution in [3.63, 3.8) is 0 Å². The molecule has 1 rings (SSSR count). The van der Waals surface area contributed by atoms with Gasteiger partial charge in [0.1, 0.15) is 0 Å². The average molecular weight is 314 g/mol. The summed E-state index contributed by atoms with van der Waals surface area (Å²) in [6, 6.07) is -0.490. The molecule has 0 aliphatic carbocycles. The lowest BCUT2D eigenvalue weighted by Gasteiger charge is -2.22. The molecule has 10 heteroatoms. The molecule has 1 aromatic rings. The maximum Gasteiger partial charge on any atom is 0.458 e. The van der Waals surface area contributed by atoms with Crippen LogP contribution in [0.1, 0.15) is 11.1 Å². The van der Waals surface area contributed by atoms with Gasteiger partial charge in [-0.2, -0.15) is 43.9 Å². The van der Waals surface area contributed by atoms with Crippen molar-refractivity contribution in [1.82, 2.24) is 0 Å². The summed E-state index contributed by atoms with van der Waals surface area (Å²) in [5.74, 6) is -10.7. The first kappa shape index (κ1) is 16.6. The van der Waals surface area contributed by atoms with Crippen molar-refractivity contribution in [3.05, 3.63) is 35.4 Å². The molecule has 0 aliphatic heterocycles. The first-order valence-corrected chi connectivity index (χ1v) is 4.71. The summed E-state index contributed by atoms with van der Waals surface area (Å²) in [7, 11) is 0. The van der Waals surface area contributed by atoms with Gasteiger partial charge in [-0.1, -0.05) is 24.3 Å². The van der Waals surface area contributed by atoms with Crippen LogP contribution in [0.3, 0.4) is 0 Å². The fourth-order valence-corrected chi connectivity index (χ4v) is 1.22. The summed E-state index contributed by atoms with van der Waals surface area (Å²) in [6.45, 7) is 0. The molecule has 0 aliphatic rings. The van der Waals surface area contributed by atoms with Crippen LogP contribution in [-0.4, -0.2) is 12.4 Å². The van der Waals surface area contributed by atoms with Crippen molar-refractivity contribution in [3.8, 4) is 0 Å². The van der Waals surface area contributed by atoms with E-state index >= 15 is 0 Å². The Labute approximate surface area is 105 Å². The molecule has 0 bridgehead atoms. The fraction of sp³-hybridized carbons (Fsp3) is 0.400. The lowest BCUT2D eigenvalue weighted by atomic mass is 10.0. The quantitative estimate of drug-likeness (QED) is 0.674. The van der Waals surface area contributed by atoms with Crippen LogP contribution in [0, 0.1) is 0 Å². The molecule has 0 heterocycles. The number of hydrogen-bond donors (Lipinski definition) is 0. The minimum Gasteiger partial charge on any atom is -0.191 e. The second kappa shape index (κ2) is 4.52. The molecule has 0 N–H and O–H groups in total. The van der Waals surface area contributed by atoms with Crippen LogP contribution in [0.2, 0.25) is 0 Å². The van der Waals surface area contributed by atoms with Crippen molar-refractivity contribution >= 4 is 0 Å². The Balaban J connectivity index is 3.20. The van der Waals surface area contributed by atoms with Gasteiger partial charge in [-0.25, -0.2) is 0 Å². The molecule has 0 atom stereocenters. The van der Waals surface area contributed by atoms with Gasteiger partial charge >= 0.3 is 24.2 Å². The number of benzene rings is 1. The summed E-state index contributed by atoms with van der Waals surface area (Å²) in [5.41, 5.74) is -3.46. The summed E-state index contributed by atoms with van der Waals surface area (Å²) in [6.07, 6.45) is -12.0. The monoisotopic (exact) mass is 314 g/mol. The van der Waals surface area contributed by atoms with Gasteiger partial charge in [-0.15, -0.1) is 0 Å². The van der Waals surface area contributed by atoms with E-state index in [1.165, 1.54) is 0 Å². The highest BCUT2D eigenvalue weighted by molar-refractivity contribution is 5.30. The molecule has 20 heavy (non-hydrogen) atoms. The molecule has 0 fully saturated rings. The standard InChI is InChI=1S/C10H4F10/c11-7(12,9(15,16)17)5-1-2-6(4-3-5)8(13,14)10(18,19)20/h1-4H. The van der Waals surface area contributed by atoms with Gasteiger partial charge in [0.15, 0.2) is 0 Å². The molecule has 0 amide bonds. The van der Waals surface area contributed by atoms with Crippen molar-refractivity contribution in [2.24, 2.45) is 0 Å². The lowest BCUT2D eigenvalue weighted by Crippen LogP contribution is -2.35. The van der Waals surface area contributed by atoms with Crippen LogP contribution < -0.4 is 0 Å². The van der Waals surface area contributed by atoms with E-state index < -0.39 is 35.3 Å². The summed E-state index contributed by atoms with van der Waals surface area (Å²) < 4.78 is 123. The molecule has 0 spiro atoms. The van der Waals surface area contributed by atoms with Crippen molar-refractivity contribution < 1.29 is 43.9 Å². The average Bonchev–Trinajstić information content (AvgIpc) is 2.26. The highest BCUT2D eigenvalue weighted by Crippen LogP contribution is 2.46. The highest BCUT2D eigenvalue weighted by Gasteiger charge is 2.60. The van der Waals surface area contributed by atoms with E-state index in [0.29, 0.717) is 0 Å². The number of hydrogen-bond acceptors (Lipinski definition) is 0. The maximum absolute atomic E-state index is 12.8. The minimum absolute atomic E-state index is 0.123. The number of rotatable bonds is 2. The van der Waals surface area contributed by atoms with Crippen LogP contribution in [0.5, 0.6) is 0 Å². The zero-order valence-electron chi connectivity index (χ0n) is 9.09. The molecule has 0 unspecified atom stereocenters. The Kier molecular flexibility index (Phi) is 3.75. The zero-order valence-corrected chi connectivity index (χ0v) is 9.09. The molecule has 0 radical (unpaired) electrons. The first-order chi connectivity index (χ1) is 8.71. The van der Waals surface area contributed by atoms with E-state index in [1.807, 2.05) is 0 Å². The zero-order chi connectivity index (χ0) is 16.0. The lowest BCUT2D eigenvalue weighted by molar-refractivity contribution is -0.290. The third kappa shape index (κ3) is 2.68. The minimum atomic E-state index is -5.99. The molecule has 114 valence electrons. The van der Waals surface area contributed by atoms with E-state index in [0.717, 1.165) is 0 Å². The topological polar surface area (TPSA) is 0 Å². The van der Waals surface area contributed by atoms with Crippen LogP contribution in [0.4, 0.5) is 43.9 Å². The van der Waals surface area contributed by atoms with E-state index in [9.17, 15) is 43.9 Å². The van der Waals surface area contributed by atoms with Crippen LogP contribution in [0.15, 0.2) is 24.3 Å². The number of halogens is 10. The van der Waals surface area contributed by atoms with Gasteiger partial charge in [-0.3, -0.25) is 0 Å². The van der Waals surface area contributed by atoms with E-state index in [-0.39, 0.29) is 24.3 Å². The van der Waals surface area contributed by atoms with Crippen molar-refractivity contribution in [1.29, 1.82) is 0 Å². The van der Waals surface area contributed by atoms with Gasteiger partial charge in [0, 0.05) is 11.1 Å². The summed E-state index contributed by atoms with van der Waals surface area (Å²) in [4.78, 5) is 0. The third-order valence-electron chi connectivity index (χ3n) is 2.32. The molecule has 0 nitrogen and oxygen atoms in total. The van der Waals surface area contributed by atoms with Gasteiger partial charge in [0.25, 0.3) is 0 Å². The Morgan fingerprint density at radius 1 is 0.450 bits per heavy atom. The third-order valence-corrected chi connectivity index (χ3v) is 2.32. The highest BCUT2D eigenvalue weighted by atomic mass is 19.4. The van der Waals surface area contributed by atoms with Gasteiger partial charge in [0.05, 0.1) is 0 Å². The predicted octanol–water partition coefficient (Wildman–Crippen LogP) is 4.99. The van der Waals surface area contributed by atoms with Crippen LogP contribution in [0.25, 0.3) is 0 Å². The van der Waals surface area contributed by atoms with Gasteiger partial charge in [-0.05, 0) is 0 Å². The summed E-state index contributed by atoms with van der Waals surface area (Å²) in [5, 5.41) is 0. The molecule has 0 aromatic heterocycles. The molecule has 1 aromatic carbocycles. The van der Waals surface area contributed by atoms with E-state index in [2.05, 4.69) is 0 Å². The molecule has 0 saturated heterocycles. The van der Waals surface area contributed by atoms with E-state index in [4.69, 9.17) is 0 Å². The Morgan fingerprint density at radius 2 is 0.650 bits per heavy atom. The Morgan fingerprint density at radius 3 is 0.800 bits per heavy atom. The largest absolute Gasteiger partial charge is 0.458 e. The molecule has 0 saturated carbocycles. The second-order valence-corrected chi connectivity index (χ2v) is 3.72. The number of alkyl halides is 10. The van der Waals surface area contributed by atoms with E-state index in [1.54, 1.807) is 0 Å². The second-order valence-electron chi connectivity index (χ2n) is 3.72. The van der Waals surface area contributed by atoms with Crippen LogP contribution >= 0.6 is 0 Å². The fourth-order valence-electron chi connectivity index (χ4n) is 1.22. The van der Waals surface area contributed by atoms with Gasteiger partial charge in [0.2, 0.25) is 0 Å². The van der Waals surface area contributed by atoms with Crippen molar-refractivity contribution in [2.75, 3.05) is 0 Å². The molecular formula is C10H4F10. The summed E-state index contributed by atoms with van der Waals surface area (Å²) >= 11 is 0. The first-order valence-electron chi connectivity index (χ1n) is 4.71. The van der Waals surface area contributed by atoms with Crippen molar-refractivity contribution in [2.45, 2.75) is 24.2 Å². The smallest absolute Gasteiger partial charge is 0.191 e. The van der Waals surface area contributed by atoms with Crippen LogP contribution in [-0.2, 0) is 11.8 Å².